The van der Waals surface area contributed by atoms with Crippen molar-refractivity contribution in [1.82, 2.24) is 0 Å². The zero-order valence-electron chi connectivity index (χ0n) is 6.28. The molecule has 0 bridgehead atoms. The Bertz CT molecular complexity index is 108. The molecule has 0 spiro atoms. The first-order valence-corrected chi connectivity index (χ1v) is 2.69. The highest BCUT2D eigenvalue weighted by Gasteiger charge is 1.59. The summed E-state index contributed by atoms with van der Waals surface area (Å²) in [6, 6.07) is 0. The van der Waals surface area contributed by atoms with Crippen molar-refractivity contribution in [2.45, 2.75) is 13.8 Å². The minimum atomic E-state index is 0.667. The molecule has 0 amide bonds. The lowest BCUT2D eigenvalue weighted by molar-refractivity contribution is 1.34. The molecule has 0 aliphatic heterocycles. The van der Waals surface area contributed by atoms with Crippen molar-refractivity contribution in [3.8, 4) is 0 Å². The van der Waals surface area contributed by atoms with Crippen LogP contribution in [0.25, 0.3) is 0 Å². The molecule has 0 aliphatic rings. The molecule has 0 aromatic heterocycles. The van der Waals surface area contributed by atoms with Crippen LogP contribution in [0, 0.1) is 0 Å². The molecule has 1 nitrogen and oxygen atoms in total. The van der Waals surface area contributed by atoms with Gasteiger partial charge in [0.2, 0.25) is 0 Å². The maximum absolute atomic E-state index is 4.92. The summed E-state index contributed by atoms with van der Waals surface area (Å²) in [6.07, 6.45) is 1.72. The topological polar surface area (TPSA) is 26.0 Å². The molecule has 0 rings (SSSR count). The maximum Gasteiger partial charge on any atom is -0.00242 e. The largest absolute Gasteiger partial charge is 0.403 e. The minimum Gasteiger partial charge on any atom is -0.403 e. The van der Waals surface area contributed by atoms with Crippen molar-refractivity contribution in [1.29, 1.82) is 0 Å². The SMILES string of the molecule is C=C(C)N.C=CC(=C)C. The Hall–Kier alpha value is -0.980. The summed E-state index contributed by atoms with van der Waals surface area (Å²) in [4.78, 5) is 0. The average molecular weight is 125 g/mol. The molecule has 0 saturated carbocycles. The molecule has 0 fully saturated rings. The van der Waals surface area contributed by atoms with Gasteiger partial charge in [0.15, 0.2) is 0 Å². The second kappa shape index (κ2) is 7.02. The van der Waals surface area contributed by atoms with Gasteiger partial charge in [-0.2, -0.15) is 0 Å². The van der Waals surface area contributed by atoms with Crippen LogP contribution in [0.4, 0.5) is 0 Å². The highest BCUT2D eigenvalue weighted by Crippen LogP contribution is 1.81. The lowest BCUT2D eigenvalue weighted by Crippen LogP contribution is -1.83. The van der Waals surface area contributed by atoms with Gasteiger partial charge in [0.05, 0.1) is 0 Å². The van der Waals surface area contributed by atoms with Gasteiger partial charge in [0.25, 0.3) is 0 Å². The van der Waals surface area contributed by atoms with E-state index < -0.39 is 0 Å². The van der Waals surface area contributed by atoms with Gasteiger partial charge in [-0.05, 0) is 19.5 Å². The van der Waals surface area contributed by atoms with Crippen LogP contribution < -0.4 is 5.73 Å². The fraction of sp³-hybridized carbons (Fsp3) is 0.250. The van der Waals surface area contributed by atoms with Gasteiger partial charge < -0.3 is 5.73 Å². The Balaban J connectivity index is 0. The Kier molecular flexibility index (Phi) is 8.51. The van der Waals surface area contributed by atoms with E-state index in [9.17, 15) is 0 Å². The molecule has 0 aromatic carbocycles. The monoisotopic (exact) mass is 125 g/mol. The Morgan fingerprint density at radius 2 is 1.44 bits per heavy atom. The molecule has 9 heavy (non-hydrogen) atoms. The number of nitrogens with two attached hydrogens (primary N) is 1. The molecular formula is C8H15N. The summed E-state index contributed by atoms with van der Waals surface area (Å²) in [5, 5.41) is 0. The second-order valence-electron chi connectivity index (χ2n) is 1.90. The van der Waals surface area contributed by atoms with E-state index in [4.69, 9.17) is 5.73 Å². The molecule has 52 valence electrons. The van der Waals surface area contributed by atoms with Crippen molar-refractivity contribution < 1.29 is 0 Å². The first-order valence-electron chi connectivity index (χ1n) is 2.69. The van der Waals surface area contributed by atoms with Crippen molar-refractivity contribution >= 4 is 0 Å². The first-order chi connectivity index (χ1) is 4.00. The third-order valence-corrected chi connectivity index (χ3v) is 0.348. The third kappa shape index (κ3) is 170. The summed E-state index contributed by atoms with van der Waals surface area (Å²) in [5.74, 6) is 0. The fourth-order valence-corrected chi connectivity index (χ4v) is 0. The summed E-state index contributed by atoms with van der Waals surface area (Å²) in [7, 11) is 0. The fourth-order valence-electron chi connectivity index (χ4n) is 0. The van der Waals surface area contributed by atoms with Gasteiger partial charge in [-0.15, -0.1) is 0 Å². The lowest BCUT2D eigenvalue weighted by atomic mass is 10.4. The van der Waals surface area contributed by atoms with E-state index in [1.807, 2.05) is 6.92 Å². The molecule has 1 heteroatoms. The predicted octanol–water partition coefficient (Wildman–Crippen LogP) is 2.23. The van der Waals surface area contributed by atoms with E-state index in [1.165, 1.54) is 0 Å². The van der Waals surface area contributed by atoms with Gasteiger partial charge >= 0.3 is 0 Å². The highest BCUT2D eigenvalue weighted by atomic mass is 14.5. The summed E-state index contributed by atoms with van der Waals surface area (Å²) >= 11 is 0. The maximum atomic E-state index is 4.92. The van der Waals surface area contributed by atoms with E-state index >= 15 is 0 Å². The van der Waals surface area contributed by atoms with E-state index in [2.05, 4.69) is 19.7 Å². The Morgan fingerprint density at radius 1 is 1.33 bits per heavy atom. The molecule has 0 aliphatic carbocycles. The molecule has 2 N–H and O–H groups in total. The van der Waals surface area contributed by atoms with Gasteiger partial charge in [-0.25, -0.2) is 0 Å². The molecular weight excluding hydrogens is 110 g/mol. The Labute approximate surface area is 57.6 Å². The number of hydrogen-bond acceptors (Lipinski definition) is 1. The standard InChI is InChI=1S/C5H8.C3H7N/c1-4-5(2)3;1-3(2)4/h4H,1-2H2,3H3;1,4H2,2H3. The van der Waals surface area contributed by atoms with Crippen molar-refractivity contribution in [2.75, 3.05) is 0 Å². The van der Waals surface area contributed by atoms with Crippen LogP contribution in [0.5, 0.6) is 0 Å². The van der Waals surface area contributed by atoms with Gasteiger partial charge in [0.1, 0.15) is 0 Å². The average Bonchev–Trinajstić information content (AvgIpc) is 1.65. The van der Waals surface area contributed by atoms with E-state index in [-0.39, 0.29) is 0 Å². The van der Waals surface area contributed by atoms with Crippen LogP contribution >= 0.6 is 0 Å². The summed E-state index contributed by atoms with van der Waals surface area (Å²) < 4.78 is 0. The first kappa shape index (κ1) is 10.9. The number of hydrogen-bond donors (Lipinski definition) is 1. The summed E-state index contributed by atoms with van der Waals surface area (Å²) in [5.41, 5.74) is 6.60. The quantitative estimate of drug-likeness (QED) is 0.534. The van der Waals surface area contributed by atoms with Crippen LogP contribution in [-0.4, -0.2) is 0 Å². The molecule has 0 atom stereocenters. The van der Waals surface area contributed by atoms with Crippen LogP contribution in [-0.2, 0) is 0 Å². The van der Waals surface area contributed by atoms with Crippen molar-refractivity contribution in [3.05, 3.63) is 37.1 Å². The predicted molar refractivity (Wildman–Crippen MR) is 44.0 cm³/mol. The molecule has 0 radical (unpaired) electrons. The van der Waals surface area contributed by atoms with Crippen molar-refractivity contribution in [2.24, 2.45) is 5.73 Å². The smallest absolute Gasteiger partial charge is 0.00242 e. The number of rotatable bonds is 1. The molecule has 0 heterocycles. The van der Waals surface area contributed by atoms with Crippen LogP contribution in [0.1, 0.15) is 13.8 Å². The van der Waals surface area contributed by atoms with Crippen molar-refractivity contribution in [3.63, 3.8) is 0 Å². The Morgan fingerprint density at radius 3 is 1.44 bits per heavy atom. The van der Waals surface area contributed by atoms with Gasteiger partial charge in [-0.3, -0.25) is 0 Å². The normalized spacial score (nSPS) is 6.44. The second-order valence-corrected chi connectivity index (χ2v) is 1.90. The van der Waals surface area contributed by atoms with Crippen LogP contribution in [0.15, 0.2) is 37.1 Å². The molecule has 0 unspecified atom stereocenters. The molecule has 0 saturated heterocycles. The zero-order chi connectivity index (χ0) is 7.86. The minimum absolute atomic E-state index is 0.667. The van der Waals surface area contributed by atoms with Gasteiger partial charge in [-0.1, -0.05) is 31.4 Å². The molecule has 0 aromatic rings. The highest BCUT2D eigenvalue weighted by molar-refractivity contribution is 5.05. The van der Waals surface area contributed by atoms with Crippen LogP contribution in [0.2, 0.25) is 0 Å². The zero-order valence-corrected chi connectivity index (χ0v) is 6.28. The van der Waals surface area contributed by atoms with E-state index in [0.29, 0.717) is 5.70 Å². The van der Waals surface area contributed by atoms with E-state index in [0.717, 1.165) is 5.57 Å². The summed E-state index contributed by atoms with van der Waals surface area (Å²) in [6.45, 7) is 14.0. The number of allylic oxidation sites excluding steroid dienone is 3. The third-order valence-electron chi connectivity index (χ3n) is 0.348. The lowest BCUT2D eigenvalue weighted by Gasteiger charge is -1.71. The van der Waals surface area contributed by atoms with E-state index in [1.54, 1.807) is 13.0 Å². The van der Waals surface area contributed by atoms with Gasteiger partial charge in [0, 0.05) is 0 Å². The van der Waals surface area contributed by atoms with Crippen LogP contribution in [0.3, 0.4) is 0 Å².